The van der Waals surface area contributed by atoms with Gasteiger partial charge < -0.3 is 32.7 Å². The molecule has 0 aromatic heterocycles. The van der Waals surface area contributed by atoms with Crippen molar-refractivity contribution in [1.82, 2.24) is 10.2 Å². The molecule has 0 bridgehead atoms. The first kappa shape index (κ1) is 28.5. The van der Waals surface area contributed by atoms with Gasteiger partial charge in [0, 0.05) is 30.9 Å². The molecule has 198 valence electrons. The number of nitrogens with two attached hydrogens (primary N) is 3. The molecule has 13 nitrogen and oxygen atoms in total. The Hall–Kier alpha value is -3.74. The number of nitro groups is 1. The van der Waals surface area contributed by atoms with Crippen LogP contribution in [0.15, 0.2) is 29.3 Å². The summed E-state index contributed by atoms with van der Waals surface area (Å²) < 4.78 is 0. The minimum absolute atomic E-state index is 0.0300. The van der Waals surface area contributed by atoms with Gasteiger partial charge in [-0.25, -0.2) is 0 Å². The minimum Gasteiger partial charge on any atom is -0.370 e. The van der Waals surface area contributed by atoms with Gasteiger partial charge in [-0.2, -0.15) is 0 Å². The van der Waals surface area contributed by atoms with Crippen LogP contribution in [-0.4, -0.2) is 64.7 Å². The van der Waals surface area contributed by atoms with Crippen molar-refractivity contribution in [2.24, 2.45) is 28.1 Å². The molecule has 1 aromatic rings. The van der Waals surface area contributed by atoms with Crippen molar-refractivity contribution in [2.75, 3.05) is 18.4 Å². The number of anilines is 1. The van der Waals surface area contributed by atoms with Gasteiger partial charge in [-0.1, -0.05) is 20.3 Å². The van der Waals surface area contributed by atoms with Gasteiger partial charge in [0.25, 0.3) is 5.69 Å². The summed E-state index contributed by atoms with van der Waals surface area (Å²) in [4.78, 5) is 54.8. The van der Waals surface area contributed by atoms with Gasteiger partial charge >= 0.3 is 0 Å². The van der Waals surface area contributed by atoms with Crippen molar-refractivity contribution in [3.8, 4) is 0 Å². The van der Waals surface area contributed by atoms with Crippen molar-refractivity contribution < 1.29 is 19.3 Å². The van der Waals surface area contributed by atoms with Crippen molar-refractivity contribution in [3.05, 3.63) is 34.4 Å². The largest absolute Gasteiger partial charge is 0.370 e. The zero-order valence-corrected chi connectivity index (χ0v) is 20.7. The standard InChI is InChI=1S/C23H36N8O5/c1-3-14(2)19(24)22(34)30-13-5-7-18(30)21(33)29-17(6-4-12-27-23(25)26)20(32)28-15-8-10-16(11-9-15)31(35)36/h8-11,14,17-19H,3-7,12-13,24H2,1-2H3,(H,28,32)(H,29,33)(H4,25,26,27)/t14-,17+,18-,19-/m1/s1. The highest BCUT2D eigenvalue weighted by Gasteiger charge is 2.38. The molecular formula is C23H36N8O5. The zero-order chi connectivity index (χ0) is 26.8. The molecule has 8 N–H and O–H groups in total. The Bertz CT molecular complexity index is 964. The first-order chi connectivity index (χ1) is 17.0. The average Bonchev–Trinajstić information content (AvgIpc) is 3.34. The third-order valence-electron chi connectivity index (χ3n) is 6.30. The number of guanidine groups is 1. The maximum Gasteiger partial charge on any atom is 0.269 e. The smallest absolute Gasteiger partial charge is 0.269 e. The summed E-state index contributed by atoms with van der Waals surface area (Å²) in [6.45, 7) is 4.52. The number of aliphatic imine (C=N–C) groups is 1. The predicted molar refractivity (Wildman–Crippen MR) is 136 cm³/mol. The molecule has 0 saturated carbocycles. The number of rotatable bonds is 12. The van der Waals surface area contributed by atoms with Gasteiger partial charge in [0.15, 0.2) is 5.96 Å². The number of carbonyl (C=O) groups is 3. The minimum atomic E-state index is -0.942. The van der Waals surface area contributed by atoms with E-state index in [0.29, 0.717) is 31.5 Å². The monoisotopic (exact) mass is 504 g/mol. The molecule has 1 aliphatic rings. The van der Waals surface area contributed by atoms with E-state index >= 15 is 0 Å². The van der Waals surface area contributed by atoms with E-state index in [1.807, 2.05) is 13.8 Å². The molecule has 0 spiro atoms. The van der Waals surface area contributed by atoms with Crippen LogP contribution in [0.4, 0.5) is 11.4 Å². The number of likely N-dealkylation sites (tertiary alicyclic amines) is 1. The van der Waals surface area contributed by atoms with Crippen LogP contribution in [0.25, 0.3) is 0 Å². The molecule has 4 atom stereocenters. The third kappa shape index (κ3) is 7.90. The van der Waals surface area contributed by atoms with Gasteiger partial charge in [-0.3, -0.25) is 29.5 Å². The van der Waals surface area contributed by atoms with Crippen molar-refractivity contribution in [1.29, 1.82) is 0 Å². The van der Waals surface area contributed by atoms with Crippen LogP contribution in [0, 0.1) is 16.0 Å². The van der Waals surface area contributed by atoms with E-state index in [1.165, 1.54) is 29.2 Å². The molecule has 1 aliphatic heterocycles. The molecule has 13 heteroatoms. The molecule has 3 amide bonds. The number of nitrogens with zero attached hydrogens (tertiary/aromatic N) is 3. The summed E-state index contributed by atoms with van der Waals surface area (Å²) in [5, 5.41) is 16.3. The van der Waals surface area contributed by atoms with E-state index in [0.717, 1.165) is 6.42 Å². The topological polar surface area (TPSA) is 212 Å². The second-order valence-corrected chi connectivity index (χ2v) is 8.90. The molecule has 1 saturated heterocycles. The van der Waals surface area contributed by atoms with Crippen LogP contribution >= 0.6 is 0 Å². The van der Waals surface area contributed by atoms with E-state index in [-0.39, 0.29) is 36.4 Å². The van der Waals surface area contributed by atoms with Gasteiger partial charge in [0.2, 0.25) is 17.7 Å². The first-order valence-electron chi connectivity index (χ1n) is 12.0. The quantitative estimate of drug-likeness (QED) is 0.0883. The first-order valence-corrected chi connectivity index (χ1v) is 12.0. The Morgan fingerprint density at radius 3 is 2.50 bits per heavy atom. The highest BCUT2D eigenvalue weighted by atomic mass is 16.6. The fraction of sp³-hybridized carbons (Fsp3) is 0.565. The summed E-state index contributed by atoms with van der Waals surface area (Å²) in [5.41, 5.74) is 17.0. The second kappa shape index (κ2) is 13.4. The Labute approximate surface area is 210 Å². The van der Waals surface area contributed by atoms with Crippen LogP contribution < -0.4 is 27.8 Å². The van der Waals surface area contributed by atoms with Crippen LogP contribution in [0.1, 0.15) is 46.0 Å². The van der Waals surface area contributed by atoms with Gasteiger partial charge in [0.05, 0.1) is 11.0 Å². The van der Waals surface area contributed by atoms with Gasteiger partial charge in [-0.05, 0) is 43.7 Å². The van der Waals surface area contributed by atoms with Crippen LogP contribution in [0.5, 0.6) is 0 Å². The molecule has 1 fully saturated rings. The molecule has 0 unspecified atom stereocenters. The van der Waals surface area contributed by atoms with Crippen molar-refractivity contribution >= 4 is 35.1 Å². The molecule has 1 heterocycles. The predicted octanol–water partition coefficient (Wildman–Crippen LogP) is 0.436. The number of nitro benzene ring substituents is 1. The Balaban J connectivity index is 2.12. The van der Waals surface area contributed by atoms with Gasteiger partial charge in [-0.15, -0.1) is 0 Å². The Morgan fingerprint density at radius 2 is 1.92 bits per heavy atom. The normalized spacial score (nSPS) is 17.5. The van der Waals surface area contributed by atoms with E-state index in [1.54, 1.807) is 0 Å². The summed E-state index contributed by atoms with van der Waals surface area (Å²) in [6, 6.07) is 2.98. The highest BCUT2D eigenvalue weighted by Crippen LogP contribution is 2.21. The number of hydrogen-bond acceptors (Lipinski definition) is 7. The lowest BCUT2D eigenvalue weighted by Gasteiger charge is -2.30. The molecule has 36 heavy (non-hydrogen) atoms. The molecule has 1 aromatic carbocycles. The summed E-state index contributed by atoms with van der Waals surface area (Å²) in [5.74, 6) is -1.33. The number of nitrogens with one attached hydrogen (secondary N) is 2. The Kier molecular flexibility index (Phi) is 10.6. The van der Waals surface area contributed by atoms with E-state index < -0.39 is 34.9 Å². The lowest BCUT2D eigenvalue weighted by molar-refractivity contribution is -0.384. The summed E-state index contributed by atoms with van der Waals surface area (Å²) >= 11 is 0. The third-order valence-corrected chi connectivity index (χ3v) is 6.30. The summed E-state index contributed by atoms with van der Waals surface area (Å²) in [7, 11) is 0. The number of carbonyl (C=O) groups excluding carboxylic acids is 3. The average molecular weight is 505 g/mol. The number of benzene rings is 1. The maximum absolute atomic E-state index is 13.2. The van der Waals surface area contributed by atoms with E-state index in [2.05, 4.69) is 15.6 Å². The molecule has 0 radical (unpaired) electrons. The highest BCUT2D eigenvalue weighted by molar-refractivity contribution is 5.98. The lowest BCUT2D eigenvalue weighted by atomic mass is 9.98. The fourth-order valence-electron chi connectivity index (χ4n) is 3.93. The molecule has 0 aliphatic carbocycles. The molecule has 2 rings (SSSR count). The number of non-ortho nitro benzene ring substituents is 1. The zero-order valence-electron chi connectivity index (χ0n) is 20.7. The van der Waals surface area contributed by atoms with Crippen LogP contribution in [0.3, 0.4) is 0 Å². The SMILES string of the molecule is CC[C@@H](C)[C@@H](N)C(=O)N1CCC[C@@H]1C(=O)N[C@@H](CCCN=C(N)N)C(=O)Nc1ccc([N+](=O)[O-])cc1. The van der Waals surface area contributed by atoms with Crippen molar-refractivity contribution in [3.63, 3.8) is 0 Å². The van der Waals surface area contributed by atoms with E-state index in [4.69, 9.17) is 17.2 Å². The Morgan fingerprint density at radius 1 is 1.25 bits per heavy atom. The number of amides is 3. The fourth-order valence-corrected chi connectivity index (χ4v) is 3.93. The van der Waals surface area contributed by atoms with Crippen LogP contribution in [0.2, 0.25) is 0 Å². The molecular weight excluding hydrogens is 468 g/mol. The van der Waals surface area contributed by atoms with Gasteiger partial charge in [0.1, 0.15) is 12.1 Å². The van der Waals surface area contributed by atoms with Crippen molar-refractivity contribution in [2.45, 2.75) is 64.1 Å². The van der Waals surface area contributed by atoms with E-state index in [9.17, 15) is 24.5 Å². The maximum atomic E-state index is 13.2. The lowest BCUT2D eigenvalue weighted by Crippen LogP contribution is -2.55. The van der Waals surface area contributed by atoms with Crippen LogP contribution in [-0.2, 0) is 14.4 Å². The second-order valence-electron chi connectivity index (χ2n) is 8.90. The summed E-state index contributed by atoms with van der Waals surface area (Å²) in [6.07, 6.45) is 2.49. The number of hydrogen-bond donors (Lipinski definition) is 5.